The van der Waals surface area contributed by atoms with Gasteiger partial charge in [-0.3, -0.25) is 0 Å². The number of hydrogen-bond donors (Lipinski definition) is 0. The van der Waals surface area contributed by atoms with Gasteiger partial charge in [-0.25, -0.2) is 8.42 Å². The van der Waals surface area contributed by atoms with Crippen LogP contribution in [0.4, 0.5) is 0 Å². The molecule has 0 radical (unpaired) electrons. The van der Waals surface area contributed by atoms with Gasteiger partial charge in [0.05, 0.1) is 9.79 Å². The van der Waals surface area contributed by atoms with Crippen molar-refractivity contribution in [2.45, 2.75) is 81.6 Å². The lowest BCUT2D eigenvalue weighted by Gasteiger charge is -2.28. The van der Waals surface area contributed by atoms with Crippen LogP contribution in [-0.4, -0.2) is 14.0 Å². The lowest BCUT2D eigenvalue weighted by Crippen LogP contribution is -2.30. The van der Waals surface area contributed by atoms with Crippen LogP contribution in [-0.2, 0) is 15.3 Å². The van der Waals surface area contributed by atoms with Gasteiger partial charge in [-0.15, -0.1) is 0 Å². The Morgan fingerprint density at radius 3 is 1.40 bits per heavy atom. The Kier molecular flexibility index (Phi) is 8.74. The fraction of sp³-hybridized carbons (Fsp3) is 0.314. The van der Waals surface area contributed by atoms with Crippen molar-refractivity contribution in [1.29, 1.82) is 0 Å². The average Bonchev–Trinajstić information content (AvgIpc) is 2.98. The molecule has 210 valence electrons. The SMILES string of the molecule is CCC(C)(CC)Oc1ccc(Oc2ccc(-c3ccc(S(=O)(=O)c4ccc(C(C)(C)CC)cc4)cc3)cc2)cc1. The first-order valence-corrected chi connectivity index (χ1v) is 15.5. The smallest absolute Gasteiger partial charge is 0.206 e. The molecule has 0 bridgehead atoms. The predicted octanol–water partition coefficient (Wildman–Crippen LogP) is 9.62. The largest absolute Gasteiger partial charge is 0.488 e. The van der Waals surface area contributed by atoms with Gasteiger partial charge in [-0.2, -0.15) is 0 Å². The molecule has 0 aliphatic carbocycles. The summed E-state index contributed by atoms with van der Waals surface area (Å²) in [6.45, 7) is 12.9. The Morgan fingerprint density at radius 1 is 0.550 bits per heavy atom. The fourth-order valence-corrected chi connectivity index (χ4v) is 5.62. The maximum Gasteiger partial charge on any atom is 0.206 e. The first kappa shape index (κ1) is 29.4. The molecule has 4 rings (SSSR count). The molecule has 4 aromatic carbocycles. The Hall–Kier alpha value is -3.57. The third-order valence-corrected chi connectivity index (χ3v) is 9.89. The summed E-state index contributed by atoms with van der Waals surface area (Å²) in [4.78, 5) is 0.589. The molecular weight excluding hydrogens is 516 g/mol. The lowest BCUT2D eigenvalue weighted by atomic mass is 9.82. The number of ether oxygens (including phenoxy) is 2. The van der Waals surface area contributed by atoms with Crippen LogP contribution in [0, 0.1) is 0 Å². The fourth-order valence-electron chi connectivity index (χ4n) is 4.36. The first-order valence-electron chi connectivity index (χ1n) is 14.0. The second kappa shape index (κ2) is 11.9. The highest BCUT2D eigenvalue weighted by Gasteiger charge is 2.22. The van der Waals surface area contributed by atoms with E-state index in [1.807, 2.05) is 72.8 Å². The van der Waals surface area contributed by atoms with E-state index in [0.29, 0.717) is 4.90 Å². The average molecular weight is 557 g/mol. The molecule has 4 nitrogen and oxygen atoms in total. The zero-order valence-corrected chi connectivity index (χ0v) is 25.2. The molecule has 0 saturated carbocycles. The molecule has 0 spiro atoms. The van der Waals surface area contributed by atoms with Crippen molar-refractivity contribution >= 4 is 9.84 Å². The minimum atomic E-state index is -3.59. The van der Waals surface area contributed by atoms with Crippen molar-refractivity contribution in [3.8, 4) is 28.4 Å². The van der Waals surface area contributed by atoms with Crippen LogP contribution in [0.15, 0.2) is 107 Å². The van der Waals surface area contributed by atoms with Gasteiger partial charge in [0, 0.05) is 0 Å². The lowest BCUT2D eigenvalue weighted by molar-refractivity contribution is 0.0802. The topological polar surface area (TPSA) is 52.6 Å². The van der Waals surface area contributed by atoms with Gasteiger partial charge in [-0.1, -0.05) is 71.0 Å². The highest BCUT2D eigenvalue weighted by Crippen LogP contribution is 2.32. The third-order valence-electron chi connectivity index (χ3n) is 8.10. The molecule has 0 N–H and O–H groups in total. The summed E-state index contributed by atoms with van der Waals surface area (Å²) in [7, 11) is -3.59. The Morgan fingerprint density at radius 2 is 0.950 bits per heavy atom. The molecule has 0 amide bonds. The van der Waals surface area contributed by atoms with Gasteiger partial charge in [0.2, 0.25) is 9.84 Å². The van der Waals surface area contributed by atoms with E-state index in [9.17, 15) is 8.42 Å². The molecule has 4 aromatic rings. The summed E-state index contributed by atoms with van der Waals surface area (Å²) < 4.78 is 38.6. The van der Waals surface area contributed by atoms with Crippen LogP contribution in [0.5, 0.6) is 17.2 Å². The van der Waals surface area contributed by atoms with Crippen LogP contribution < -0.4 is 9.47 Å². The van der Waals surface area contributed by atoms with Crippen molar-refractivity contribution in [3.05, 3.63) is 103 Å². The van der Waals surface area contributed by atoms with Crippen LogP contribution in [0.1, 0.15) is 66.4 Å². The standard InChI is InChI=1S/C35H40O4S/c1-7-34(4,5)28-14-24-33(25-15-28)40(36,37)32-22-12-27(13-23-32)26-10-16-29(17-11-26)38-30-18-20-31(21-19-30)39-35(6,8-2)9-3/h10-25H,7-9H2,1-6H3. The summed E-state index contributed by atoms with van der Waals surface area (Å²) in [5.74, 6) is 2.28. The number of sulfone groups is 1. The Balaban J connectivity index is 1.43. The molecule has 0 aliphatic heterocycles. The number of hydrogen-bond acceptors (Lipinski definition) is 4. The quantitative estimate of drug-likeness (QED) is 0.185. The molecule has 5 heteroatoms. The Labute approximate surface area is 239 Å². The maximum atomic E-state index is 13.2. The van der Waals surface area contributed by atoms with Crippen LogP contribution in [0.3, 0.4) is 0 Å². The van der Waals surface area contributed by atoms with Gasteiger partial charge < -0.3 is 9.47 Å². The second-order valence-corrected chi connectivity index (χ2v) is 13.1. The van der Waals surface area contributed by atoms with E-state index in [0.717, 1.165) is 53.2 Å². The minimum absolute atomic E-state index is 0.00935. The van der Waals surface area contributed by atoms with E-state index in [-0.39, 0.29) is 15.9 Å². The summed E-state index contributed by atoms with van der Waals surface area (Å²) in [5.41, 5.74) is 2.88. The van der Waals surface area contributed by atoms with Gasteiger partial charge in [0.1, 0.15) is 22.8 Å². The van der Waals surface area contributed by atoms with Gasteiger partial charge in [0.25, 0.3) is 0 Å². The van der Waals surface area contributed by atoms with E-state index < -0.39 is 9.84 Å². The van der Waals surface area contributed by atoms with Gasteiger partial charge in [-0.05, 0) is 109 Å². The van der Waals surface area contributed by atoms with Crippen LogP contribution >= 0.6 is 0 Å². The van der Waals surface area contributed by atoms with E-state index in [4.69, 9.17) is 9.47 Å². The summed E-state index contributed by atoms with van der Waals surface area (Å²) >= 11 is 0. The van der Waals surface area contributed by atoms with Crippen molar-refractivity contribution in [1.82, 2.24) is 0 Å². The second-order valence-electron chi connectivity index (χ2n) is 11.1. The molecule has 0 saturated heterocycles. The van der Waals surface area contributed by atoms with Crippen molar-refractivity contribution in [2.24, 2.45) is 0 Å². The van der Waals surface area contributed by atoms with Gasteiger partial charge >= 0.3 is 0 Å². The van der Waals surface area contributed by atoms with E-state index >= 15 is 0 Å². The zero-order chi connectivity index (χ0) is 29.0. The van der Waals surface area contributed by atoms with E-state index in [1.54, 1.807) is 24.3 Å². The minimum Gasteiger partial charge on any atom is -0.488 e. The molecule has 40 heavy (non-hydrogen) atoms. The molecule has 0 aromatic heterocycles. The molecule has 0 heterocycles. The summed E-state index contributed by atoms with van der Waals surface area (Å²) in [6, 6.07) is 29.7. The molecule has 0 atom stereocenters. The van der Waals surface area contributed by atoms with Gasteiger partial charge in [0.15, 0.2) is 0 Å². The van der Waals surface area contributed by atoms with Crippen molar-refractivity contribution in [3.63, 3.8) is 0 Å². The summed E-state index contributed by atoms with van der Waals surface area (Å²) in [6.07, 6.45) is 2.87. The molecule has 0 aliphatic rings. The first-order chi connectivity index (χ1) is 19.0. The van der Waals surface area contributed by atoms with Crippen molar-refractivity contribution in [2.75, 3.05) is 0 Å². The van der Waals surface area contributed by atoms with E-state index in [1.165, 1.54) is 0 Å². The highest BCUT2D eigenvalue weighted by molar-refractivity contribution is 7.91. The number of benzene rings is 4. The molecule has 0 fully saturated rings. The van der Waals surface area contributed by atoms with Crippen molar-refractivity contribution < 1.29 is 17.9 Å². The van der Waals surface area contributed by atoms with E-state index in [2.05, 4.69) is 41.5 Å². The highest BCUT2D eigenvalue weighted by atomic mass is 32.2. The van der Waals surface area contributed by atoms with Crippen LogP contribution in [0.2, 0.25) is 0 Å². The number of rotatable bonds is 11. The Bertz CT molecular complexity index is 1500. The van der Waals surface area contributed by atoms with Crippen LogP contribution in [0.25, 0.3) is 11.1 Å². The zero-order valence-electron chi connectivity index (χ0n) is 24.4. The monoisotopic (exact) mass is 556 g/mol. The molecule has 0 unspecified atom stereocenters. The summed E-state index contributed by atoms with van der Waals surface area (Å²) in [5, 5.41) is 0. The maximum absolute atomic E-state index is 13.2. The third kappa shape index (κ3) is 6.59. The molecular formula is C35H40O4S. The predicted molar refractivity (Wildman–Crippen MR) is 163 cm³/mol. The normalized spacial score (nSPS) is 12.2.